The van der Waals surface area contributed by atoms with E-state index in [1.807, 2.05) is 0 Å². The van der Waals surface area contributed by atoms with Crippen molar-refractivity contribution in [2.45, 2.75) is 32.0 Å². The highest BCUT2D eigenvalue weighted by Gasteiger charge is 2.39. The lowest BCUT2D eigenvalue weighted by Crippen LogP contribution is -2.42. The van der Waals surface area contributed by atoms with E-state index in [1.165, 1.54) is 6.92 Å². The van der Waals surface area contributed by atoms with E-state index in [1.54, 1.807) is 6.92 Å². The van der Waals surface area contributed by atoms with Crippen LogP contribution in [0.15, 0.2) is 22.8 Å². The van der Waals surface area contributed by atoms with Gasteiger partial charge in [-0.25, -0.2) is 27.8 Å². The Bertz CT molecular complexity index is 915. The third kappa shape index (κ3) is 3.90. The standard InChI is InChI=1S/C17H16BrF3N4O3/c1-7(9-3-12(20)10(18)4-11(9)19)23-16-22-5-13(21)15(24-16)25-14(8(2)26)6-28-17(25)27/h3-5,7-8,14,26H,6H2,1-2H3,(H,22,23,24)/t7-,8+,14+/m0/s1. The molecule has 0 aliphatic carbocycles. The summed E-state index contributed by atoms with van der Waals surface area (Å²) in [4.78, 5) is 20.6. The van der Waals surface area contributed by atoms with Crippen LogP contribution in [-0.4, -0.2) is 39.9 Å². The van der Waals surface area contributed by atoms with Crippen molar-refractivity contribution in [3.63, 3.8) is 0 Å². The van der Waals surface area contributed by atoms with Gasteiger partial charge in [-0.15, -0.1) is 0 Å². The minimum absolute atomic E-state index is 0.0117. The Morgan fingerprint density at radius 2 is 2.00 bits per heavy atom. The molecule has 0 unspecified atom stereocenters. The Morgan fingerprint density at radius 1 is 1.29 bits per heavy atom. The van der Waals surface area contributed by atoms with Crippen LogP contribution in [0.25, 0.3) is 0 Å². The predicted molar refractivity (Wildman–Crippen MR) is 97.4 cm³/mol. The number of benzene rings is 1. The molecular weight excluding hydrogens is 445 g/mol. The SMILES string of the molecule is C[C@H](Nc1ncc(F)c(N2C(=O)OC[C@@H]2[C@@H](C)O)n1)c1cc(F)c(Br)cc1F. The summed E-state index contributed by atoms with van der Waals surface area (Å²) < 4.78 is 47.0. The van der Waals surface area contributed by atoms with Gasteiger partial charge in [0.25, 0.3) is 0 Å². The molecule has 1 saturated heterocycles. The van der Waals surface area contributed by atoms with E-state index in [0.717, 1.165) is 23.2 Å². The molecule has 1 amide bonds. The number of aliphatic hydroxyl groups is 1. The summed E-state index contributed by atoms with van der Waals surface area (Å²) in [5, 5.41) is 12.5. The summed E-state index contributed by atoms with van der Waals surface area (Å²) >= 11 is 2.90. The van der Waals surface area contributed by atoms with E-state index in [9.17, 15) is 23.1 Å². The van der Waals surface area contributed by atoms with Crippen molar-refractivity contribution in [3.05, 3.63) is 45.8 Å². The number of amides is 1. The number of cyclic esters (lactones) is 1. The van der Waals surface area contributed by atoms with Crippen LogP contribution in [0.4, 0.5) is 29.7 Å². The molecule has 1 aliphatic rings. The van der Waals surface area contributed by atoms with Crippen molar-refractivity contribution >= 4 is 33.8 Å². The number of hydrogen-bond acceptors (Lipinski definition) is 6. The first-order chi connectivity index (χ1) is 13.2. The van der Waals surface area contributed by atoms with Crippen LogP contribution >= 0.6 is 15.9 Å². The fourth-order valence-electron chi connectivity index (χ4n) is 2.77. The highest BCUT2D eigenvalue weighted by molar-refractivity contribution is 9.10. The monoisotopic (exact) mass is 460 g/mol. The molecule has 7 nitrogen and oxygen atoms in total. The molecule has 0 spiro atoms. The minimum atomic E-state index is -0.990. The number of aromatic nitrogens is 2. The molecular formula is C17H16BrF3N4O3. The van der Waals surface area contributed by atoms with E-state index in [-0.39, 0.29) is 28.4 Å². The van der Waals surface area contributed by atoms with Gasteiger partial charge in [0.15, 0.2) is 11.6 Å². The molecule has 28 heavy (non-hydrogen) atoms. The molecule has 0 radical (unpaired) electrons. The van der Waals surface area contributed by atoms with Crippen molar-refractivity contribution in [1.82, 2.24) is 9.97 Å². The number of hydrogen-bond donors (Lipinski definition) is 2. The van der Waals surface area contributed by atoms with Crippen LogP contribution in [0.3, 0.4) is 0 Å². The Morgan fingerprint density at radius 3 is 2.68 bits per heavy atom. The zero-order valence-corrected chi connectivity index (χ0v) is 16.4. The lowest BCUT2D eigenvalue weighted by atomic mass is 10.1. The number of aliphatic hydroxyl groups excluding tert-OH is 1. The van der Waals surface area contributed by atoms with Gasteiger partial charge < -0.3 is 15.2 Å². The first-order valence-electron chi connectivity index (χ1n) is 8.26. The highest BCUT2D eigenvalue weighted by Crippen LogP contribution is 2.29. The molecule has 0 bridgehead atoms. The summed E-state index contributed by atoms with van der Waals surface area (Å²) in [5.41, 5.74) is 0.0117. The molecule has 2 heterocycles. The number of nitrogens with one attached hydrogen (secondary N) is 1. The number of halogens is 4. The first kappa shape index (κ1) is 20.3. The lowest BCUT2D eigenvalue weighted by Gasteiger charge is -2.23. The fraction of sp³-hybridized carbons (Fsp3) is 0.353. The van der Waals surface area contributed by atoms with Crippen molar-refractivity contribution in [2.75, 3.05) is 16.8 Å². The van der Waals surface area contributed by atoms with Crippen LogP contribution in [0.1, 0.15) is 25.5 Å². The van der Waals surface area contributed by atoms with Gasteiger partial charge in [-0.2, -0.15) is 4.98 Å². The van der Waals surface area contributed by atoms with Crippen molar-refractivity contribution in [2.24, 2.45) is 0 Å². The van der Waals surface area contributed by atoms with Crippen LogP contribution in [0, 0.1) is 17.5 Å². The molecule has 2 N–H and O–H groups in total. The van der Waals surface area contributed by atoms with E-state index in [4.69, 9.17) is 4.74 Å². The predicted octanol–water partition coefficient (Wildman–Crippen LogP) is 3.54. The molecule has 3 rings (SSSR count). The second-order valence-corrected chi connectivity index (χ2v) is 7.13. The van der Waals surface area contributed by atoms with Gasteiger partial charge in [-0.05, 0) is 41.9 Å². The number of ether oxygens (including phenoxy) is 1. The van der Waals surface area contributed by atoms with Gasteiger partial charge in [-0.3, -0.25) is 0 Å². The average Bonchev–Trinajstić information content (AvgIpc) is 3.01. The van der Waals surface area contributed by atoms with Gasteiger partial charge in [0.1, 0.15) is 24.3 Å². The average molecular weight is 461 g/mol. The van der Waals surface area contributed by atoms with Gasteiger partial charge in [0, 0.05) is 5.56 Å². The third-order valence-corrected chi connectivity index (χ3v) is 4.88. The Labute approximate surface area is 166 Å². The molecule has 1 aromatic heterocycles. The normalized spacial score (nSPS) is 18.8. The number of anilines is 2. The quantitative estimate of drug-likeness (QED) is 0.663. The number of carbonyl (C=O) groups excluding carboxylic acids is 1. The van der Waals surface area contributed by atoms with E-state index < -0.39 is 41.7 Å². The second kappa shape index (κ2) is 7.92. The first-order valence-corrected chi connectivity index (χ1v) is 9.06. The summed E-state index contributed by atoms with van der Waals surface area (Å²) in [6, 6.07) is 0.426. The maximum atomic E-state index is 14.3. The second-order valence-electron chi connectivity index (χ2n) is 6.27. The lowest BCUT2D eigenvalue weighted by molar-refractivity contribution is 0.142. The largest absolute Gasteiger partial charge is 0.447 e. The zero-order chi connectivity index (χ0) is 20.6. The molecule has 0 saturated carbocycles. The van der Waals surface area contributed by atoms with Gasteiger partial charge >= 0.3 is 6.09 Å². The van der Waals surface area contributed by atoms with E-state index in [2.05, 4.69) is 31.2 Å². The smallest absolute Gasteiger partial charge is 0.416 e. The summed E-state index contributed by atoms with van der Waals surface area (Å²) in [7, 11) is 0. The number of nitrogens with zero attached hydrogens (tertiary/aromatic N) is 3. The fourth-order valence-corrected chi connectivity index (χ4v) is 3.09. The Hall–Kier alpha value is -2.40. The molecule has 11 heteroatoms. The Balaban J connectivity index is 1.90. The third-order valence-electron chi connectivity index (χ3n) is 4.27. The molecule has 3 atom stereocenters. The van der Waals surface area contributed by atoms with Crippen molar-refractivity contribution < 1.29 is 27.8 Å². The summed E-state index contributed by atoms with van der Waals surface area (Å²) in [6.07, 6.45) is -1.01. The minimum Gasteiger partial charge on any atom is -0.447 e. The highest BCUT2D eigenvalue weighted by atomic mass is 79.9. The van der Waals surface area contributed by atoms with E-state index in [0.29, 0.717) is 0 Å². The maximum Gasteiger partial charge on any atom is 0.416 e. The van der Waals surface area contributed by atoms with Gasteiger partial charge in [0.05, 0.1) is 22.8 Å². The number of carbonyl (C=O) groups is 1. The summed E-state index contributed by atoms with van der Waals surface area (Å²) in [6.45, 7) is 2.86. The Kier molecular flexibility index (Phi) is 5.75. The zero-order valence-electron chi connectivity index (χ0n) is 14.8. The maximum absolute atomic E-state index is 14.3. The molecule has 1 aliphatic heterocycles. The van der Waals surface area contributed by atoms with Crippen LogP contribution < -0.4 is 10.2 Å². The van der Waals surface area contributed by atoms with Crippen molar-refractivity contribution in [1.29, 1.82) is 0 Å². The van der Waals surface area contributed by atoms with Crippen LogP contribution in [-0.2, 0) is 4.74 Å². The van der Waals surface area contributed by atoms with Crippen LogP contribution in [0.2, 0.25) is 0 Å². The van der Waals surface area contributed by atoms with E-state index >= 15 is 0 Å². The van der Waals surface area contributed by atoms with Crippen LogP contribution in [0.5, 0.6) is 0 Å². The van der Waals surface area contributed by atoms with Crippen molar-refractivity contribution in [3.8, 4) is 0 Å². The van der Waals surface area contributed by atoms with Gasteiger partial charge in [-0.1, -0.05) is 0 Å². The molecule has 150 valence electrons. The number of rotatable bonds is 5. The van der Waals surface area contributed by atoms with Gasteiger partial charge in [0.2, 0.25) is 5.95 Å². The summed E-state index contributed by atoms with van der Waals surface area (Å²) in [5.74, 6) is -2.71. The molecule has 1 fully saturated rings. The molecule has 1 aromatic carbocycles. The topological polar surface area (TPSA) is 87.6 Å². The molecule has 2 aromatic rings.